The van der Waals surface area contributed by atoms with Crippen molar-refractivity contribution in [1.82, 2.24) is 18.8 Å². The predicted molar refractivity (Wildman–Crippen MR) is 73.8 cm³/mol. The minimum atomic E-state index is -3.39. The molecule has 2 aliphatic heterocycles. The van der Waals surface area contributed by atoms with Gasteiger partial charge in [-0.25, -0.2) is 0 Å². The molecule has 9 heteroatoms. The monoisotopic (exact) mass is 316 g/mol. The van der Waals surface area contributed by atoms with E-state index in [1.807, 2.05) is 0 Å². The van der Waals surface area contributed by atoms with Gasteiger partial charge in [-0.15, -0.1) is 0 Å². The first-order valence-electron chi connectivity index (χ1n) is 6.95. The molecule has 0 aliphatic carbocycles. The van der Waals surface area contributed by atoms with Crippen molar-refractivity contribution in [3.8, 4) is 0 Å². The van der Waals surface area contributed by atoms with E-state index in [0.29, 0.717) is 38.0 Å². The molecule has 0 spiro atoms. The zero-order valence-electron chi connectivity index (χ0n) is 12.4. The second-order valence-corrected chi connectivity index (χ2v) is 8.00. The Labute approximate surface area is 124 Å². The molecule has 2 aliphatic rings. The average molecular weight is 316 g/mol. The summed E-state index contributed by atoms with van der Waals surface area (Å²) in [5, 5.41) is 3.82. The Morgan fingerprint density at radius 3 is 2.67 bits per heavy atom. The third-order valence-corrected chi connectivity index (χ3v) is 6.13. The van der Waals surface area contributed by atoms with Crippen LogP contribution in [-0.4, -0.2) is 67.6 Å². The van der Waals surface area contributed by atoms with E-state index < -0.39 is 10.2 Å². The number of hydrogen-bond donors (Lipinski definition) is 0. The fourth-order valence-electron chi connectivity index (χ4n) is 3.10. The number of aryl methyl sites for hydroxylation is 1. The maximum atomic E-state index is 12.3. The lowest BCUT2D eigenvalue weighted by Gasteiger charge is -2.30. The van der Waals surface area contributed by atoms with Crippen molar-refractivity contribution >= 4 is 10.2 Å². The zero-order chi connectivity index (χ0) is 15.2. The smallest absolute Gasteiger partial charge is 0.281 e. The van der Waals surface area contributed by atoms with Gasteiger partial charge in [-0.05, 0) is 12.8 Å². The van der Waals surface area contributed by atoms with E-state index in [1.54, 1.807) is 21.0 Å². The number of hydrogen-bond acceptors (Lipinski definition) is 6. The topological polar surface area (TPSA) is 88.8 Å². The first-order valence-corrected chi connectivity index (χ1v) is 8.35. The highest BCUT2D eigenvalue weighted by Gasteiger charge is 2.47. The van der Waals surface area contributed by atoms with Crippen LogP contribution < -0.4 is 0 Å². The Kier molecular flexibility index (Phi) is 3.76. The molecule has 0 saturated carbocycles. The van der Waals surface area contributed by atoms with Crippen LogP contribution in [0.1, 0.15) is 17.6 Å². The van der Waals surface area contributed by atoms with Crippen LogP contribution in [0.25, 0.3) is 0 Å². The maximum absolute atomic E-state index is 12.3. The molecule has 1 aromatic rings. The van der Waals surface area contributed by atoms with Crippen molar-refractivity contribution in [2.24, 2.45) is 11.8 Å². The molecule has 0 bridgehead atoms. The molecule has 118 valence electrons. The van der Waals surface area contributed by atoms with Crippen LogP contribution >= 0.6 is 0 Å². The molecule has 0 aromatic carbocycles. The van der Waals surface area contributed by atoms with Crippen molar-refractivity contribution in [2.45, 2.75) is 12.8 Å². The quantitative estimate of drug-likeness (QED) is 0.770. The van der Waals surface area contributed by atoms with Gasteiger partial charge < -0.3 is 9.26 Å². The minimum absolute atomic E-state index is 0.0349. The number of fused-ring (bicyclic) bond motifs is 1. The Morgan fingerprint density at radius 2 is 2.05 bits per heavy atom. The SMILES string of the molecule is Cc1noc([C@H]2COC[C@@H]3CN(S(=O)(=O)N(C)C)C[C@@H]32)n1. The van der Waals surface area contributed by atoms with Crippen molar-refractivity contribution in [1.29, 1.82) is 0 Å². The third kappa shape index (κ3) is 2.59. The molecule has 21 heavy (non-hydrogen) atoms. The van der Waals surface area contributed by atoms with Crippen LogP contribution in [0, 0.1) is 18.8 Å². The summed E-state index contributed by atoms with van der Waals surface area (Å²) in [5.74, 6) is 1.43. The van der Waals surface area contributed by atoms with Crippen LogP contribution in [0.3, 0.4) is 0 Å². The summed E-state index contributed by atoms with van der Waals surface area (Å²) >= 11 is 0. The summed E-state index contributed by atoms with van der Waals surface area (Å²) in [5.41, 5.74) is 0. The van der Waals surface area contributed by atoms with Gasteiger partial charge in [0, 0.05) is 33.1 Å². The summed E-state index contributed by atoms with van der Waals surface area (Å²) in [7, 11) is -0.294. The van der Waals surface area contributed by atoms with Gasteiger partial charge in [0.15, 0.2) is 5.82 Å². The van der Waals surface area contributed by atoms with Gasteiger partial charge in [0.25, 0.3) is 10.2 Å². The molecular weight excluding hydrogens is 296 g/mol. The lowest BCUT2D eigenvalue weighted by atomic mass is 9.83. The maximum Gasteiger partial charge on any atom is 0.281 e. The van der Waals surface area contributed by atoms with Crippen LogP contribution in [0.2, 0.25) is 0 Å². The molecule has 3 atom stereocenters. The van der Waals surface area contributed by atoms with Crippen molar-refractivity contribution in [2.75, 3.05) is 40.4 Å². The highest BCUT2D eigenvalue weighted by Crippen LogP contribution is 2.40. The molecule has 3 rings (SSSR count). The number of nitrogens with zero attached hydrogens (tertiary/aromatic N) is 4. The van der Waals surface area contributed by atoms with E-state index >= 15 is 0 Å². The van der Waals surface area contributed by atoms with Crippen LogP contribution in [0.5, 0.6) is 0 Å². The van der Waals surface area contributed by atoms with E-state index in [9.17, 15) is 8.42 Å². The highest BCUT2D eigenvalue weighted by atomic mass is 32.2. The zero-order valence-corrected chi connectivity index (χ0v) is 13.2. The van der Waals surface area contributed by atoms with Crippen molar-refractivity contribution in [3.63, 3.8) is 0 Å². The van der Waals surface area contributed by atoms with Gasteiger partial charge in [0.1, 0.15) is 0 Å². The molecule has 0 N–H and O–H groups in total. The summed E-state index contributed by atoms with van der Waals surface area (Å²) < 4.78 is 38.2. The molecule has 0 unspecified atom stereocenters. The first-order chi connectivity index (χ1) is 9.89. The van der Waals surface area contributed by atoms with Gasteiger partial charge >= 0.3 is 0 Å². The molecule has 0 radical (unpaired) electrons. The van der Waals surface area contributed by atoms with E-state index in [1.165, 1.54) is 8.61 Å². The van der Waals surface area contributed by atoms with Crippen molar-refractivity contribution < 1.29 is 17.7 Å². The average Bonchev–Trinajstić information content (AvgIpc) is 3.04. The standard InChI is InChI=1S/C12H20N4O4S/c1-8-13-12(20-14-8)11-7-19-6-9-4-16(5-10(9)11)21(17,18)15(2)3/h9-11H,4-7H2,1-3H3/t9-,10-,11-/m0/s1. The minimum Gasteiger partial charge on any atom is -0.380 e. The molecule has 2 saturated heterocycles. The van der Waals surface area contributed by atoms with Crippen LogP contribution in [0.15, 0.2) is 4.52 Å². The lowest BCUT2D eigenvalue weighted by Crippen LogP contribution is -2.39. The molecular formula is C12H20N4O4S. The van der Waals surface area contributed by atoms with E-state index in [2.05, 4.69) is 10.1 Å². The van der Waals surface area contributed by atoms with E-state index in [4.69, 9.17) is 9.26 Å². The second kappa shape index (κ2) is 5.31. The number of rotatable bonds is 3. The lowest BCUT2D eigenvalue weighted by molar-refractivity contribution is 0.00993. The van der Waals surface area contributed by atoms with Gasteiger partial charge in [0.2, 0.25) is 5.89 Å². The Balaban J connectivity index is 1.83. The van der Waals surface area contributed by atoms with Gasteiger partial charge in [-0.3, -0.25) is 0 Å². The van der Waals surface area contributed by atoms with Gasteiger partial charge in [0.05, 0.1) is 19.1 Å². The third-order valence-electron chi connectivity index (χ3n) is 4.25. The normalized spacial score (nSPS) is 30.8. The summed E-state index contributed by atoms with van der Waals surface area (Å²) in [6, 6.07) is 0. The molecule has 3 heterocycles. The first kappa shape index (κ1) is 14.9. The Bertz CT molecular complexity index is 615. The number of ether oxygens (including phenoxy) is 1. The largest absolute Gasteiger partial charge is 0.380 e. The van der Waals surface area contributed by atoms with Gasteiger partial charge in [-0.1, -0.05) is 5.16 Å². The van der Waals surface area contributed by atoms with Gasteiger partial charge in [-0.2, -0.15) is 22.0 Å². The fraction of sp³-hybridized carbons (Fsp3) is 0.833. The van der Waals surface area contributed by atoms with E-state index in [-0.39, 0.29) is 17.8 Å². The molecule has 2 fully saturated rings. The summed E-state index contributed by atoms with van der Waals surface area (Å²) in [6.45, 7) is 3.80. The Morgan fingerprint density at radius 1 is 1.29 bits per heavy atom. The predicted octanol–water partition coefficient (Wildman–Crippen LogP) is -0.154. The summed E-state index contributed by atoms with van der Waals surface area (Å²) in [6.07, 6.45) is 0. The van der Waals surface area contributed by atoms with Crippen LogP contribution in [0.4, 0.5) is 0 Å². The molecule has 1 aromatic heterocycles. The molecule has 8 nitrogen and oxygen atoms in total. The van der Waals surface area contributed by atoms with E-state index in [0.717, 1.165) is 0 Å². The fourth-order valence-corrected chi connectivity index (χ4v) is 4.30. The molecule has 0 amide bonds. The van der Waals surface area contributed by atoms with Crippen molar-refractivity contribution in [3.05, 3.63) is 11.7 Å². The Hall–Kier alpha value is -1.03. The highest BCUT2D eigenvalue weighted by molar-refractivity contribution is 7.86. The summed E-state index contributed by atoms with van der Waals surface area (Å²) in [4.78, 5) is 4.28. The number of aromatic nitrogens is 2. The van der Waals surface area contributed by atoms with Crippen LogP contribution in [-0.2, 0) is 14.9 Å². The second-order valence-electron chi connectivity index (χ2n) is 5.85.